The van der Waals surface area contributed by atoms with E-state index >= 15 is 0 Å². The topological polar surface area (TPSA) is 111 Å². The van der Waals surface area contributed by atoms with E-state index in [0.717, 1.165) is 0 Å². The molecule has 1 aliphatic heterocycles. The van der Waals surface area contributed by atoms with Crippen LogP contribution in [0, 0.1) is 11.8 Å². The zero-order chi connectivity index (χ0) is 29.5. The molecule has 220 valence electrons. The Balaban J connectivity index is 3.23. The van der Waals surface area contributed by atoms with Gasteiger partial charge in [-0.15, -0.1) is 0 Å². The van der Waals surface area contributed by atoms with Gasteiger partial charge in [-0.3, -0.25) is 14.4 Å². The Morgan fingerprint density at radius 2 is 0.921 bits per heavy atom. The van der Waals surface area contributed by atoms with E-state index in [0.29, 0.717) is 24.9 Å². The van der Waals surface area contributed by atoms with Crippen LogP contribution in [0.1, 0.15) is 115 Å². The molecule has 0 bridgehead atoms. The lowest BCUT2D eigenvalue weighted by molar-refractivity contribution is -0.155. The molecule has 1 heterocycles. The number of hydrogen-bond acceptors (Lipinski definition) is 7. The summed E-state index contributed by atoms with van der Waals surface area (Å²) < 4.78 is 16.5. The first-order valence-electron chi connectivity index (χ1n) is 13.8. The predicted molar refractivity (Wildman–Crippen MR) is 146 cm³/mol. The van der Waals surface area contributed by atoms with Gasteiger partial charge in [0.25, 0.3) is 0 Å². The van der Waals surface area contributed by atoms with Gasteiger partial charge in [-0.05, 0) is 93.4 Å². The average molecular weight is 541 g/mol. The first-order valence-corrected chi connectivity index (χ1v) is 13.8. The highest BCUT2D eigenvalue weighted by molar-refractivity contribution is 5.77. The maximum atomic E-state index is 13.4. The number of esters is 3. The highest BCUT2D eigenvalue weighted by Gasteiger charge is 2.38. The molecule has 0 saturated carbocycles. The van der Waals surface area contributed by atoms with Crippen molar-refractivity contribution in [2.45, 2.75) is 137 Å². The first-order chi connectivity index (χ1) is 17.1. The smallest absolute Gasteiger partial charge is 0.317 e. The number of hydrogen-bond donors (Lipinski definition) is 1. The standard InChI is InChI=1S/C29H52N2O7/c1-20-18-31(19-21(20)2)25(35)30-29(15-12-22(32)36-26(3,4)5,16-13-23(33)37-27(6,7)8)17-14-24(34)38-28(9,10)11/h20-21H,12-19H2,1-11H3,(H,30,35)/t20-,21-/m0/s1. The summed E-state index contributed by atoms with van der Waals surface area (Å²) in [5.41, 5.74) is -2.98. The fourth-order valence-electron chi connectivity index (χ4n) is 4.37. The SMILES string of the molecule is C[C@H]1CN(C(=O)NC(CCC(=O)OC(C)(C)C)(CCC(=O)OC(C)(C)C)CCC(=O)OC(C)(C)C)C[C@@H]1C. The fourth-order valence-corrected chi connectivity index (χ4v) is 4.37. The largest absolute Gasteiger partial charge is 0.460 e. The Bertz CT molecular complexity index is 745. The van der Waals surface area contributed by atoms with Gasteiger partial charge >= 0.3 is 23.9 Å². The van der Waals surface area contributed by atoms with Gasteiger partial charge in [-0.1, -0.05) is 13.8 Å². The zero-order valence-corrected chi connectivity index (χ0v) is 25.6. The number of amides is 2. The molecule has 1 fully saturated rings. The fraction of sp³-hybridized carbons (Fsp3) is 0.862. The average Bonchev–Trinajstić information content (AvgIpc) is 3.04. The Labute approximate surface area is 229 Å². The van der Waals surface area contributed by atoms with Crippen molar-refractivity contribution in [2.75, 3.05) is 13.1 Å². The van der Waals surface area contributed by atoms with Gasteiger partial charge in [0.2, 0.25) is 0 Å². The van der Waals surface area contributed by atoms with E-state index in [9.17, 15) is 19.2 Å². The highest BCUT2D eigenvalue weighted by Crippen LogP contribution is 2.30. The molecule has 1 N–H and O–H groups in total. The quantitative estimate of drug-likeness (QED) is 0.292. The van der Waals surface area contributed by atoms with Gasteiger partial charge in [-0.25, -0.2) is 4.79 Å². The molecule has 9 nitrogen and oxygen atoms in total. The van der Waals surface area contributed by atoms with Crippen molar-refractivity contribution in [3.63, 3.8) is 0 Å². The van der Waals surface area contributed by atoms with Crippen LogP contribution in [0.15, 0.2) is 0 Å². The molecule has 38 heavy (non-hydrogen) atoms. The molecule has 1 aliphatic rings. The summed E-state index contributed by atoms with van der Waals surface area (Å²) in [6, 6.07) is -0.265. The summed E-state index contributed by atoms with van der Waals surface area (Å²) in [6.45, 7) is 21.6. The number of urea groups is 1. The van der Waals surface area contributed by atoms with Crippen LogP contribution >= 0.6 is 0 Å². The third kappa shape index (κ3) is 13.5. The maximum absolute atomic E-state index is 13.4. The van der Waals surface area contributed by atoms with Crippen molar-refractivity contribution in [2.24, 2.45) is 11.8 Å². The normalized spacial score (nSPS) is 18.7. The summed E-state index contributed by atoms with van der Waals surface area (Å²) in [4.78, 5) is 53.2. The van der Waals surface area contributed by atoms with Gasteiger partial charge in [0.05, 0.1) is 0 Å². The van der Waals surface area contributed by atoms with E-state index < -0.39 is 40.2 Å². The number of likely N-dealkylation sites (tertiary alicyclic amines) is 1. The van der Waals surface area contributed by atoms with Crippen molar-refractivity contribution in [3.05, 3.63) is 0 Å². The van der Waals surface area contributed by atoms with Gasteiger partial charge in [0.1, 0.15) is 16.8 Å². The Morgan fingerprint density at radius 1 is 0.632 bits per heavy atom. The first kappa shape index (κ1) is 33.7. The molecular weight excluding hydrogens is 488 g/mol. The monoisotopic (exact) mass is 540 g/mol. The predicted octanol–water partition coefficient (Wildman–Crippen LogP) is 5.39. The number of carbonyl (C=O) groups is 4. The molecule has 2 atom stereocenters. The van der Waals surface area contributed by atoms with Crippen molar-refractivity contribution >= 4 is 23.9 Å². The molecular formula is C29H52N2O7. The van der Waals surface area contributed by atoms with Crippen LogP contribution in [0.2, 0.25) is 0 Å². The summed E-state index contributed by atoms with van der Waals surface area (Å²) >= 11 is 0. The van der Waals surface area contributed by atoms with Crippen molar-refractivity contribution in [1.82, 2.24) is 10.2 Å². The minimum atomic E-state index is -1.02. The summed E-state index contributed by atoms with van der Waals surface area (Å²) in [6.07, 6.45) is 0.682. The van der Waals surface area contributed by atoms with Crippen LogP contribution in [0.3, 0.4) is 0 Å². The second kappa shape index (κ2) is 13.2. The lowest BCUT2D eigenvalue weighted by Crippen LogP contribution is -2.54. The molecule has 1 saturated heterocycles. The van der Waals surface area contributed by atoms with E-state index in [2.05, 4.69) is 19.2 Å². The van der Waals surface area contributed by atoms with Crippen molar-refractivity contribution in [1.29, 1.82) is 0 Å². The molecule has 0 unspecified atom stereocenters. The zero-order valence-electron chi connectivity index (χ0n) is 25.6. The summed E-state index contributed by atoms with van der Waals surface area (Å²) in [5, 5.41) is 3.13. The van der Waals surface area contributed by atoms with Gasteiger partial charge in [0.15, 0.2) is 0 Å². The van der Waals surface area contributed by atoms with Gasteiger partial charge in [-0.2, -0.15) is 0 Å². The molecule has 0 aromatic rings. The van der Waals surface area contributed by atoms with Crippen LogP contribution < -0.4 is 5.32 Å². The van der Waals surface area contributed by atoms with Gasteiger partial charge in [0, 0.05) is 37.9 Å². The number of rotatable bonds is 10. The number of ether oxygens (including phenoxy) is 3. The lowest BCUT2D eigenvalue weighted by Gasteiger charge is -2.37. The van der Waals surface area contributed by atoms with Gasteiger partial charge < -0.3 is 24.4 Å². The summed E-state index contributed by atoms with van der Waals surface area (Å²) in [7, 11) is 0. The van der Waals surface area contributed by atoms with E-state index in [1.165, 1.54) is 0 Å². The molecule has 0 spiro atoms. The second-order valence-electron chi connectivity index (χ2n) is 13.8. The summed E-state index contributed by atoms with van der Waals surface area (Å²) in [5.74, 6) is -0.502. The minimum Gasteiger partial charge on any atom is -0.460 e. The van der Waals surface area contributed by atoms with E-state index in [-0.39, 0.29) is 44.6 Å². The Hall–Kier alpha value is -2.32. The van der Waals surface area contributed by atoms with E-state index in [1.54, 1.807) is 67.2 Å². The maximum Gasteiger partial charge on any atom is 0.317 e. The molecule has 9 heteroatoms. The number of nitrogens with zero attached hydrogens (tertiary/aromatic N) is 1. The molecule has 1 rings (SSSR count). The Kier molecular flexibility index (Phi) is 11.7. The van der Waals surface area contributed by atoms with Crippen molar-refractivity contribution < 1.29 is 33.4 Å². The van der Waals surface area contributed by atoms with E-state index in [1.807, 2.05) is 0 Å². The molecule has 0 aromatic heterocycles. The van der Waals surface area contributed by atoms with Crippen LogP contribution in [0.25, 0.3) is 0 Å². The minimum absolute atomic E-state index is 0.0208. The highest BCUT2D eigenvalue weighted by atomic mass is 16.6. The Morgan fingerprint density at radius 3 is 1.18 bits per heavy atom. The van der Waals surface area contributed by atoms with Crippen LogP contribution in [0.4, 0.5) is 4.79 Å². The van der Waals surface area contributed by atoms with Crippen LogP contribution in [0.5, 0.6) is 0 Å². The second-order valence-corrected chi connectivity index (χ2v) is 13.8. The number of nitrogens with one attached hydrogen (secondary N) is 1. The van der Waals surface area contributed by atoms with Crippen molar-refractivity contribution in [3.8, 4) is 0 Å². The molecule has 0 radical (unpaired) electrons. The number of carbonyl (C=O) groups excluding carboxylic acids is 4. The molecule has 0 aromatic carbocycles. The van der Waals surface area contributed by atoms with Crippen LogP contribution in [-0.2, 0) is 28.6 Å². The third-order valence-electron chi connectivity index (χ3n) is 6.33. The third-order valence-corrected chi connectivity index (χ3v) is 6.33. The van der Waals surface area contributed by atoms with E-state index in [4.69, 9.17) is 14.2 Å². The molecule has 2 amide bonds. The lowest BCUT2D eigenvalue weighted by atomic mass is 9.83. The molecule has 0 aliphatic carbocycles. The van der Waals surface area contributed by atoms with Crippen LogP contribution in [-0.4, -0.2) is 64.3 Å².